The number of carbonyl (C=O) groups is 1. The normalized spacial score (nSPS) is 16.7. The molecular weight excluding hydrogens is 430 g/mol. The van der Waals surface area contributed by atoms with Crippen molar-refractivity contribution in [2.75, 3.05) is 19.8 Å². The predicted molar refractivity (Wildman–Crippen MR) is 129 cm³/mol. The lowest BCUT2D eigenvalue weighted by Crippen LogP contribution is -2.47. The Bertz CT molecular complexity index is 1340. The molecule has 0 aliphatic carbocycles. The van der Waals surface area contributed by atoms with Crippen molar-refractivity contribution in [2.24, 2.45) is 0 Å². The van der Waals surface area contributed by atoms with E-state index in [1.54, 1.807) is 26.2 Å². The highest BCUT2D eigenvalue weighted by atomic mass is 16.5. The number of carbonyl (C=O) groups excluding carboxylic acids is 1. The van der Waals surface area contributed by atoms with Crippen molar-refractivity contribution in [3.8, 4) is 22.5 Å². The quantitative estimate of drug-likeness (QED) is 0.480. The summed E-state index contributed by atoms with van der Waals surface area (Å²) in [7, 11) is 0. The van der Waals surface area contributed by atoms with Gasteiger partial charge in [0.2, 0.25) is 0 Å². The number of morpholine rings is 1. The third kappa shape index (κ3) is 4.20. The number of aliphatic hydroxyl groups is 1. The van der Waals surface area contributed by atoms with Crippen LogP contribution in [0, 0.1) is 0 Å². The van der Waals surface area contributed by atoms with E-state index in [1.165, 1.54) is 0 Å². The van der Waals surface area contributed by atoms with Crippen molar-refractivity contribution < 1.29 is 19.1 Å². The number of amides is 1. The van der Waals surface area contributed by atoms with Crippen LogP contribution in [0.25, 0.3) is 33.6 Å². The first kappa shape index (κ1) is 22.3. The molecule has 174 valence electrons. The Morgan fingerprint density at radius 1 is 1.06 bits per heavy atom. The van der Waals surface area contributed by atoms with Gasteiger partial charge in [-0.25, -0.2) is 0 Å². The van der Waals surface area contributed by atoms with Gasteiger partial charge in [-0.05, 0) is 56.7 Å². The summed E-state index contributed by atoms with van der Waals surface area (Å²) >= 11 is 0. The van der Waals surface area contributed by atoms with Crippen LogP contribution in [-0.2, 0) is 10.3 Å². The van der Waals surface area contributed by atoms with Crippen LogP contribution in [0.4, 0.5) is 0 Å². The highest BCUT2D eigenvalue weighted by Gasteiger charge is 2.25. The van der Waals surface area contributed by atoms with Gasteiger partial charge in [-0.2, -0.15) is 0 Å². The first-order valence-corrected chi connectivity index (χ1v) is 11.4. The van der Waals surface area contributed by atoms with E-state index in [2.05, 4.69) is 9.97 Å². The molecule has 1 saturated heterocycles. The monoisotopic (exact) mass is 457 g/mol. The number of aromatic nitrogens is 2. The van der Waals surface area contributed by atoms with Crippen molar-refractivity contribution in [2.45, 2.75) is 32.4 Å². The fraction of sp³-hybridized carbons (Fsp3) is 0.296. The van der Waals surface area contributed by atoms with Gasteiger partial charge in [0.1, 0.15) is 16.9 Å². The number of pyridine rings is 2. The van der Waals surface area contributed by atoms with Crippen molar-refractivity contribution in [1.82, 2.24) is 14.9 Å². The summed E-state index contributed by atoms with van der Waals surface area (Å²) in [5.41, 5.74) is 4.19. The molecule has 5 rings (SSSR count). The van der Waals surface area contributed by atoms with E-state index < -0.39 is 5.60 Å². The van der Waals surface area contributed by atoms with Crippen LogP contribution in [0.5, 0.6) is 0 Å². The number of nitrogens with zero attached hydrogens (tertiary/aromatic N) is 3. The number of hydrogen-bond acceptors (Lipinski definition) is 6. The first-order valence-electron chi connectivity index (χ1n) is 11.4. The van der Waals surface area contributed by atoms with Gasteiger partial charge in [0.15, 0.2) is 5.58 Å². The summed E-state index contributed by atoms with van der Waals surface area (Å²) in [5, 5.41) is 10.4. The number of fused-ring (bicyclic) bond motifs is 1. The molecule has 0 spiro atoms. The Hall–Kier alpha value is -3.55. The molecule has 7 nitrogen and oxygen atoms in total. The third-order valence-corrected chi connectivity index (χ3v) is 6.15. The Morgan fingerprint density at radius 2 is 1.82 bits per heavy atom. The molecule has 7 heteroatoms. The van der Waals surface area contributed by atoms with Crippen LogP contribution in [0.1, 0.15) is 36.8 Å². The molecule has 0 radical (unpaired) electrons. The lowest BCUT2D eigenvalue weighted by Gasteiger charge is -2.33. The summed E-state index contributed by atoms with van der Waals surface area (Å²) in [5.74, 6) is 0.682. The van der Waals surface area contributed by atoms with Crippen molar-refractivity contribution in [3.63, 3.8) is 0 Å². The van der Waals surface area contributed by atoms with Crippen LogP contribution in [0.15, 0.2) is 65.3 Å². The maximum absolute atomic E-state index is 12.9. The number of benzene rings is 1. The minimum atomic E-state index is -1.05. The molecule has 4 aromatic rings. The molecule has 4 heterocycles. The number of ether oxygens (including phenoxy) is 1. The van der Waals surface area contributed by atoms with E-state index in [0.717, 1.165) is 22.2 Å². The second-order valence-electron chi connectivity index (χ2n) is 9.17. The van der Waals surface area contributed by atoms with Gasteiger partial charge in [0, 0.05) is 41.7 Å². The molecule has 1 atom stereocenters. The highest BCUT2D eigenvalue weighted by Crippen LogP contribution is 2.34. The van der Waals surface area contributed by atoms with Crippen LogP contribution in [-0.4, -0.2) is 51.7 Å². The summed E-state index contributed by atoms with van der Waals surface area (Å²) in [4.78, 5) is 23.5. The van der Waals surface area contributed by atoms with E-state index in [4.69, 9.17) is 9.15 Å². The second-order valence-corrected chi connectivity index (χ2v) is 9.17. The van der Waals surface area contributed by atoms with Gasteiger partial charge in [-0.15, -0.1) is 0 Å². The van der Waals surface area contributed by atoms with Gasteiger partial charge >= 0.3 is 0 Å². The van der Waals surface area contributed by atoms with Gasteiger partial charge < -0.3 is 19.2 Å². The molecule has 1 aliphatic rings. The lowest BCUT2D eigenvalue weighted by molar-refractivity contribution is 0.00359. The largest absolute Gasteiger partial charge is 0.454 e. The molecule has 3 aromatic heterocycles. The van der Waals surface area contributed by atoms with Gasteiger partial charge in [0.05, 0.1) is 24.9 Å². The summed E-state index contributed by atoms with van der Waals surface area (Å²) in [6.45, 7) is 7.15. The van der Waals surface area contributed by atoms with Crippen LogP contribution < -0.4 is 0 Å². The van der Waals surface area contributed by atoms with E-state index in [1.807, 2.05) is 60.4 Å². The summed E-state index contributed by atoms with van der Waals surface area (Å²) < 4.78 is 11.7. The van der Waals surface area contributed by atoms with Crippen molar-refractivity contribution in [3.05, 3.63) is 72.2 Å². The molecule has 0 bridgehead atoms. The minimum absolute atomic E-state index is 0.0104. The molecule has 1 amide bonds. The maximum atomic E-state index is 12.9. The number of hydrogen-bond donors (Lipinski definition) is 1. The zero-order valence-electron chi connectivity index (χ0n) is 19.5. The van der Waals surface area contributed by atoms with Gasteiger partial charge in [-0.1, -0.05) is 12.1 Å². The standard InChI is InChI=1S/C27H27N3O4/c1-17-16-33-13-12-30(17)26(31)19-6-4-18(5-7-19)23-15-22-25(34-23)21(9-11-28-22)20-8-10-29-24(14-20)27(2,3)32/h4-11,14-15,17,32H,12-13,16H2,1-3H3/t17-/m1/s1. The zero-order valence-corrected chi connectivity index (χ0v) is 19.5. The maximum Gasteiger partial charge on any atom is 0.254 e. The SMILES string of the molecule is C[C@@H]1COCCN1C(=O)c1ccc(-c2cc3nccc(-c4ccnc(C(C)(C)O)c4)c3o2)cc1. The van der Waals surface area contributed by atoms with Crippen LogP contribution in [0.3, 0.4) is 0 Å². The summed E-state index contributed by atoms with van der Waals surface area (Å²) in [6.07, 6.45) is 3.43. The fourth-order valence-electron chi connectivity index (χ4n) is 4.21. The smallest absolute Gasteiger partial charge is 0.254 e. The van der Waals surface area contributed by atoms with E-state index in [0.29, 0.717) is 42.4 Å². The van der Waals surface area contributed by atoms with Crippen molar-refractivity contribution >= 4 is 17.0 Å². The Morgan fingerprint density at radius 3 is 2.56 bits per heavy atom. The molecule has 0 saturated carbocycles. The topological polar surface area (TPSA) is 88.7 Å². The molecule has 0 unspecified atom stereocenters. The number of furan rings is 1. The van der Waals surface area contributed by atoms with Gasteiger partial charge in [-0.3, -0.25) is 14.8 Å². The molecule has 1 N–H and O–H groups in total. The second kappa shape index (κ2) is 8.66. The van der Waals surface area contributed by atoms with Crippen LogP contribution in [0.2, 0.25) is 0 Å². The zero-order chi connectivity index (χ0) is 23.9. The summed E-state index contributed by atoms with van der Waals surface area (Å²) in [6, 6.07) is 15.1. The molecular formula is C27H27N3O4. The predicted octanol–water partition coefficient (Wildman–Crippen LogP) is 4.65. The lowest BCUT2D eigenvalue weighted by atomic mass is 10.00. The Labute approximate surface area is 198 Å². The average molecular weight is 458 g/mol. The minimum Gasteiger partial charge on any atom is -0.454 e. The van der Waals surface area contributed by atoms with E-state index in [-0.39, 0.29) is 11.9 Å². The average Bonchev–Trinajstić information content (AvgIpc) is 3.28. The molecule has 1 aliphatic heterocycles. The third-order valence-electron chi connectivity index (χ3n) is 6.15. The van der Waals surface area contributed by atoms with Crippen LogP contribution >= 0.6 is 0 Å². The molecule has 34 heavy (non-hydrogen) atoms. The van der Waals surface area contributed by atoms with E-state index >= 15 is 0 Å². The Kier molecular flexibility index (Phi) is 5.67. The molecule has 1 fully saturated rings. The number of rotatable bonds is 4. The highest BCUT2D eigenvalue weighted by molar-refractivity contribution is 5.95. The van der Waals surface area contributed by atoms with Crippen molar-refractivity contribution in [1.29, 1.82) is 0 Å². The fourth-order valence-corrected chi connectivity index (χ4v) is 4.21. The van der Waals surface area contributed by atoms with Gasteiger partial charge in [0.25, 0.3) is 5.91 Å². The Balaban J connectivity index is 1.46. The first-order chi connectivity index (χ1) is 16.3. The molecule has 1 aromatic carbocycles. The van der Waals surface area contributed by atoms with E-state index in [9.17, 15) is 9.90 Å².